The highest BCUT2D eigenvalue weighted by Gasteiger charge is 2.29. The number of hydrogen-bond acceptors (Lipinski definition) is 5. The SMILES string of the molecule is CC(C)c1c(N)ncnc1N1CCNC(=O)C1C. The Balaban J connectivity index is 2.44. The molecule has 98 valence electrons. The summed E-state index contributed by atoms with van der Waals surface area (Å²) in [6.07, 6.45) is 1.45. The monoisotopic (exact) mass is 249 g/mol. The molecule has 0 aliphatic carbocycles. The van der Waals surface area contributed by atoms with Crippen LogP contribution in [0.25, 0.3) is 0 Å². The third kappa shape index (κ3) is 2.10. The molecule has 0 aromatic carbocycles. The summed E-state index contributed by atoms with van der Waals surface area (Å²) in [7, 11) is 0. The zero-order valence-corrected chi connectivity index (χ0v) is 11.0. The molecule has 1 fully saturated rings. The van der Waals surface area contributed by atoms with Gasteiger partial charge in [0.1, 0.15) is 24.0 Å². The first kappa shape index (κ1) is 12.6. The van der Waals surface area contributed by atoms with E-state index in [0.717, 1.165) is 17.9 Å². The second kappa shape index (κ2) is 4.80. The van der Waals surface area contributed by atoms with Crippen molar-refractivity contribution in [1.82, 2.24) is 15.3 Å². The molecular weight excluding hydrogens is 230 g/mol. The number of carbonyl (C=O) groups excluding carboxylic acids is 1. The van der Waals surface area contributed by atoms with Crippen molar-refractivity contribution >= 4 is 17.5 Å². The summed E-state index contributed by atoms with van der Waals surface area (Å²) in [5.41, 5.74) is 6.85. The number of nitrogens with zero attached hydrogens (tertiary/aromatic N) is 3. The van der Waals surface area contributed by atoms with Gasteiger partial charge in [-0.05, 0) is 12.8 Å². The minimum absolute atomic E-state index is 0.0214. The standard InChI is InChI=1S/C12H19N5O/c1-7(2)9-10(13)15-6-16-11(9)17-5-4-14-12(18)8(17)3/h6-8H,4-5H2,1-3H3,(H,14,18)(H2,13,15,16). The van der Waals surface area contributed by atoms with Crippen molar-refractivity contribution in [2.24, 2.45) is 0 Å². The van der Waals surface area contributed by atoms with Gasteiger partial charge in [-0.3, -0.25) is 4.79 Å². The summed E-state index contributed by atoms with van der Waals surface area (Å²) < 4.78 is 0. The van der Waals surface area contributed by atoms with Crippen molar-refractivity contribution in [1.29, 1.82) is 0 Å². The van der Waals surface area contributed by atoms with Gasteiger partial charge in [0, 0.05) is 18.7 Å². The number of nitrogens with one attached hydrogen (secondary N) is 1. The lowest BCUT2D eigenvalue weighted by Crippen LogP contribution is -2.54. The Morgan fingerprint density at radius 2 is 2.22 bits per heavy atom. The van der Waals surface area contributed by atoms with E-state index >= 15 is 0 Å². The Bertz CT molecular complexity index is 460. The van der Waals surface area contributed by atoms with Gasteiger partial charge in [0.15, 0.2) is 0 Å². The van der Waals surface area contributed by atoms with E-state index in [1.165, 1.54) is 6.33 Å². The van der Waals surface area contributed by atoms with E-state index in [1.807, 2.05) is 25.7 Å². The van der Waals surface area contributed by atoms with Gasteiger partial charge in [0.05, 0.1) is 0 Å². The summed E-state index contributed by atoms with van der Waals surface area (Å²) in [5.74, 6) is 1.51. The summed E-state index contributed by atoms with van der Waals surface area (Å²) in [6.45, 7) is 7.34. The van der Waals surface area contributed by atoms with Crippen LogP contribution >= 0.6 is 0 Å². The highest BCUT2D eigenvalue weighted by molar-refractivity contribution is 5.86. The van der Waals surface area contributed by atoms with Crippen molar-refractivity contribution in [3.05, 3.63) is 11.9 Å². The third-order valence-corrected chi connectivity index (χ3v) is 3.24. The molecule has 2 heterocycles. The number of hydrogen-bond donors (Lipinski definition) is 2. The molecule has 0 bridgehead atoms. The van der Waals surface area contributed by atoms with E-state index in [0.29, 0.717) is 12.4 Å². The van der Waals surface area contributed by atoms with Crippen LogP contribution in [0, 0.1) is 0 Å². The van der Waals surface area contributed by atoms with Crippen LogP contribution in [0.15, 0.2) is 6.33 Å². The van der Waals surface area contributed by atoms with E-state index in [2.05, 4.69) is 15.3 Å². The maximum atomic E-state index is 11.7. The van der Waals surface area contributed by atoms with Crippen molar-refractivity contribution in [3.8, 4) is 0 Å². The van der Waals surface area contributed by atoms with Gasteiger partial charge < -0.3 is 16.0 Å². The zero-order valence-electron chi connectivity index (χ0n) is 11.0. The maximum Gasteiger partial charge on any atom is 0.242 e. The van der Waals surface area contributed by atoms with Crippen molar-refractivity contribution in [2.75, 3.05) is 23.7 Å². The molecular formula is C12H19N5O. The molecule has 1 aliphatic rings. The van der Waals surface area contributed by atoms with Gasteiger partial charge in [0.25, 0.3) is 0 Å². The zero-order chi connectivity index (χ0) is 13.3. The smallest absolute Gasteiger partial charge is 0.242 e. The van der Waals surface area contributed by atoms with Crippen LogP contribution in [0.5, 0.6) is 0 Å². The Morgan fingerprint density at radius 3 is 2.89 bits per heavy atom. The highest BCUT2D eigenvalue weighted by Crippen LogP contribution is 2.30. The second-order valence-electron chi connectivity index (χ2n) is 4.81. The predicted molar refractivity (Wildman–Crippen MR) is 70.4 cm³/mol. The minimum atomic E-state index is -0.231. The van der Waals surface area contributed by atoms with E-state index in [1.54, 1.807) is 0 Å². The molecule has 6 nitrogen and oxygen atoms in total. The van der Waals surface area contributed by atoms with Crippen LogP contribution in [-0.2, 0) is 4.79 Å². The van der Waals surface area contributed by atoms with E-state index in [4.69, 9.17) is 5.73 Å². The first-order valence-electron chi connectivity index (χ1n) is 6.17. The first-order valence-corrected chi connectivity index (χ1v) is 6.17. The molecule has 0 radical (unpaired) electrons. The lowest BCUT2D eigenvalue weighted by molar-refractivity contribution is -0.122. The van der Waals surface area contributed by atoms with E-state index < -0.39 is 0 Å². The van der Waals surface area contributed by atoms with E-state index in [-0.39, 0.29) is 17.9 Å². The number of aromatic nitrogens is 2. The average Bonchev–Trinajstić information content (AvgIpc) is 2.32. The van der Waals surface area contributed by atoms with Crippen LogP contribution in [0.2, 0.25) is 0 Å². The van der Waals surface area contributed by atoms with Gasteiger partial charge in [0.2, 0.25) is 5.91 Å². The van der Waals surface area contributed by atoms with Crippen LogP contribution in [0.1, 0.15) is 32.3 Å². The first-order chi connectivity index (χ1) is 8.52. The molecule has 1 amide bonds. The maximum absolute atomic E-state index is 11.7. The summed E-state index contributed by atoms with van der Waals surface area (Å²) >= 11 is 0. The average molecular weight is 249 g/mol. The van der Waals surface area contributed by atoms with Crippen molar-refractivity contribution in [3.63, 3.8) is 0 Å². The lowest BCUT2D eigenvalue weighted by Gasteiger charge is -2.35. The van der Waals surface area contributed by atoms with Crippen LogP contribution in [-0.4, -0.2) is 35.0 Å². The minimum Gasteiger partial charge on any atom is -0.383 e. The number of piperazine rings is 1. The summed E-state index contributed by atoms with van der Waals surface area (Å²) in [5, 5.41) is 2.84. The molecule has 1 atom stereocenters. The van der Waals surface area contributed by atoms with Crippen LogP contribution in [0.4, 0.5) is 11.6 Å². The Morgan fingerprint density at radius 1 is 1.50 bits per heavy atom. The van der Waals surface area contributed by atoms with E-state index in [9.17, 15) is 4.79 Å². The van der Waals surface area contributed by atoms with Gasteiger partial charge in [-0.1, -0.05) is 13.8 Å². The van der Waals surface area contributed by atoms with Gasteiger partial charge in [-0.25, -0.2) is 9.97 Å². The highest BCUT2D eigenvalue weighted by atomic mass is 16.2. The van der Waals surface area contributed by atoms with Crippen LogP contribution < -0.4 is 16.0 Å². The quantitative estimate of drug-likeness (QED) is 0.797. The van der Waals surface area contributed by atoms with Crippen molar-refractivity contribution in [2.45, 2.75) is 32.7 Å². The van der Waals surface area contributed by atoms with Crippen LogP contribution in [0.3, 0.4) is 0 Å². The topological polar surface area (TPSA) is 84.1 Å². The second-order valence-corrected chi connectivity index (χ2v) is 4.81. The molecule has 0 saturated carbocycles. The van der Waals surface area contributed by atoms with Gasteiger partial charge >= 0.3 is 0 Å². The van der Waals surface area contributed by atoms with Gasteiger partial charge in [-0.15, -0.1) is 0 Å². The molecule has 1 saturated heterocycles. The normalized spacial score (nSPS) is 20.1. The molecule has 6 heteroatoms. The number of nitrogen functional groups attached to an aromatic ring is 1. The number of carbonyl (C=O) groups is 1. The Kier molecular flexibility index (Phi) is 3.36. The molecule has 3 N–H and O–H groups in total. The molecule has 1 aromatic heterocycles. The molecule has 1 aromatic rings. The number of rotatable bonds is 2. The molecule has 1 aliphatic heterocycles. The van der Waals surface area contributed by atoms with Crippen molar-refractivity contribution < 1.29 is 4.79 Å². The predicted octanol–water partition coefficient (Wildman–Crippen LogP) is 0.507. The molecule has 1 unspecified atom stereocenters. The summed E-state index contributed by atoms with van der Waals surface area (Å²) in [6, 6.07) is -0.231. The third-order valence-electron chi connectivity index (χ3n) is 3.24. The fourth-order valence-electron chi connectivity index (χ4n) is 2.25. The molecule has 0 spiro atoms. The molecule has 18 heavy (non-hydrogen) atoms. The fourth-order valence-corrected chi connectivity index (χ4v) is 2.25. The number of amides is 1. The largest absolute Gasteiger partial charge is 0.383 e. The number of nitrogens with two attached hydrogens (primary N) is 1. The fraction of sp³-hybridized carbons (Fsp3) is 0.583. The lowest BCUT2D eigenvalue weighted by atomic mass is 10.0. The van der Waals surface area contributed by atoms with Gasteiger partial charge in [-0.2, -0.15) is 0 Å². The molecule has 2 rings (SSSR count). The Labute approximate surface area is 107 Å². The summed E-state index contributed by atoms with van der Waals surface area (Å²) in [4.78, 5) is 22.1. The number of anilines is 2. The Hall–Kier alpha value is -1.85.